The largest absolute Gasteiger partial charge is 0.369 e. The first-order valence-electron chi connectivity index (χ1n) is 6.61. The van der Waals surface area contributed by atoms with Gasteiger partial charge < -0.3 is 11.1 Å². The van der Waals surface area contributed by atoms with E-state index in [-0.39, 0.29) is 17.2 Å². The molecule has 2 rings (SSSR count). The minimum atomic E-state index is -0.182. The highest BCUT2D eigenvalue weighted by atomic mass is 16.2. The molecule has 1 aliphatic carbocycles. The second-order valence-corrected chi connectivity index (χ2v) is 4.59. The van der Waals surface area contributed by atoms with E-state index in [1.165, 1.54) is 19.3 Å². The van der Waals surface area contributed by atoms with Crippen LogP contribution < -0.4 is 11.1 Å². The topological polar surface area (TPSA) is 72.2 Å². The lowest BCUT2D eigenvalue weighted by molar-refractivity contribution is -0.128. The van der Waals surface area contributed by atoms with Crippen LogP contribution in [0.5, 0.6) is 0 Å². The second kappa shape index (κ2) is 8.09. The molecule has 4 heteroatoms. The van der Waals surface area contributed by atoms with E-state index in [0.29, 0.717) is 0 Å². The summed E-state index contributed by atoms with van der Waals surface area (Å²) in [6.07, 6.45) is 6.31. The van der Waals surface area contributed by atoms with Gasteiger partial charge in [-0.3, -0.25) is 9.59 Å². The molecule has 1 saturated heterocycles. The predicted molar refractivity (Wildman–Crippen MR) is 69.4 cm³/mol. The van der Waals surface area contributed by atoms with E-state index in [1.54, 1.807) is 0 Å². The molecule has 0 unspecified atom stereocenters. The van der Waals surface area contributed by atoms with Gasteiger partial charge in [-0.05, 0) is 12.8 Å². The van der Waals surface area contributed by atoms with E-state index >= 15 is 0 Å². The van der Waals surface area contributed by atoms with E-state index in [9.17, 15) is 9.59 Å². The van der Waals surface area contributed by atoms with Crippen LogP contribution in [0, 0.1) is 5.41 Å². The summed E-state index contributed by atoms with van der Waals surface area (Å²) in [5.74, 6) is 0.0669. The summed E-state index contributed by atoms with van der Waals surface area (Å²) < 4.78 is 0. The molecule has 0 bridgehead atoms. The Labute approximate surface area is 104 Å². The fourth-order valence-electron chi connectivity index (χ4n) is 1.81. The van der Waals surface area contributed by atoms with Crippen LogP contribution >= 0.6 is 0 Å². The number of amides is 2. The van der Waals surface area contributed by atoms with Crippen LogP contribution in [0.1, 0.15) is 59.3 Å². The number of β-lactam (4-membered cyclic amide) rings is 1. The Hall–Kier alpha value is -1.06. The summed E-state index contributed by atoms with van der Waals surface area (Å²) >= 11 is 0. The zero-order chi connectivity index (χ0) is 13.3. The van der Waals surface area contributed by atoms with Gasteiger partial charge in [0.15, 0.2) is 0 Å². The lowest BCUT2D eigenvalue weighted by atomic mass is 9.75. The Morgan fingerprint density at radius 2 is 1.65 bits per heavy atom. The minimum absolute atomic E-state index is 0.118. The van der Waals surface area contributed by atoms with Crippen LogP contribution in [0.4, 0.5) is 0 Å². The maximum Gasteiger partial charge on any atom is 0.223 e. The molecule has 4 nitrogen and oxygen atoms in total. The summed E-state index contributed by atoms with van der Waals surface area (Å²) in [4.78, 5) is 20.7. The highest BCUT2D eigenvalue weighted by Crippen LogP contribution is 2.34. The molecule has 100 valence electrons. The standard InChI is InChI=1S/C8H15NO.C3H5NO.C2H6/c1-8(7(9)10)5-3-2-4-6-8;5-3-1-2-4-3;1-2/h2-6H2,1H3,(H2,9,10);1-2H2,(H,4,5);1-2H3. The summed E-state index contributed by atoms with van der Waals surface area (Å²) in [6, 6.07) is 0. The highest BCUT2D eigenvalue weighted by molar-refractivity contribution is 5.81. The van der Waals surface area contributed by atoms with Crippen molar-refractivity contribution in [3.05, 3.63) is 0 Å². The molecule has 3 N–H and O–H groups in total. The molecule has 2 amide bonds. The minimum Gasteiger partial charge on any atom is -0.369 e. The number of carbonyl (C=O) groups excluding carboxylic acids is 2. The Kier molecular flexibility index (Phi) is 7.59. The van der Waals surface area contributed by atoms with Crippen molar-refractivity contribution in [1.82, 2.24) is 5.32 Å². The number of nitrogens with two attached hydrogens (primary N) is 1. The predicted octanol–water partition coefficient (Wildman–Crippen LogP) is 1.97. The number of rotatable bonds is 1. The maximum atomic E-state index is 10.9. The quantitative estimate of drug-likeness (QED) is 0.690. The van der Waals surface area contributed by atoms with Gasteiger partial charge in [0.25, 0.3) is 0 Å². The Morgan fingerprint density at radius 3 is 1.82 bits per heavy atom. The average molecular weight is 242 g/mol. The first-order chi connectivity index (χ1) is 8.04. The Bertz CT molecular complexity index is 240. The number of carbonyl (C=O) groups is 2. The fraction of sp³-hybridized carbons (Fsp3) is 0.846. The number of hydrogen-bond acceptors (Lipinski definition) is 2. The molecule has 0 radical (unpaired) electrons. The van der Waals surface area contributed by atoms with Crippen LogP contribution in [-0.4, -0.2) is 18.4 Å². The van der Waals surface area contributed by atoms with E-state index in [1.807, 2.05) is 20.8 Å². The van der Waals surface area contributed by atoms with Crippen LogP contribution in [0.25, 0.3) is 0 Å². The van der Waals surface area contributed by atoms with E-state index in [2.05, 4.69) is 5.32 Å². The molecule has 1 heterocycles. The lowest BCUT2D eigenvalue weighted by Gasteiger charge is -2.29. The van der Waals surface area contributed by atoms with Gasteiger partial charge in [0.2, 0.25) is 11.8 Å². The zero-order valence-electron chi connectivity index (χ0n) is 11.3. The summed E-state index contributed by atoms with van der Waals surface area (Å²) in [5, 5.41) is 2.57. The molecule has 0 atom stereocenters. The molecule has 17 heavy (non-hydrogen) atoms. The Balaban J connectivity index is 0.000000306. The van der Waals surface area contributed by atoms with Crippen LogP contribution in [-0.2, 0) is 9.59 Å². The molecule has 0 spiro atoms. The Morgan fingerprint density at radius 1 is 1.24 bits per heavy atom. The van der Waals surface area contributed by atoms with Gasteiger partial charge in [0.05, 0.1) is 0 Å². The van der Waals surface area contributed by atoms with Gasteiger partial charge in [0.1, 0.15) is 0 Å². The third kappa shape index (κ3) is 5.71. The second-order valence-electron chi connectivity index (χ2n) is 4.59. The third-order valence-corrected chi connectivity index (χ3v) is 3.23. The van der Waals surface area contributed by atoms with Crippen molar-refractivity contribution >= 4 is 11.8 Å². The molecule has 2 aliphatic rings. The molecule has 0 aromatic carbocycles. The van der Waals surface area contributed by atoms with E-state index in [4.69, 9.17) is 5.73 Å². The van der Waals surface area contributed by atoms with E-state index in [0.717, 1.165) is 25.8 Å². The lowest BCUT2D eigenvalue weighted by Crippen LogP contribution is -2.37. The number of primary amides is 1. The molecule has 1 saturated carbocycles. The van der Waals surface area contributed by atoms with Crippen molar-refractivity contribution < 1.29 is 9.59 Å². The van der Waals surface area contributed by atoms with Crippen molar-refractivity contribution in [2.75, 3.05) is 6.54 Å². The van der Waals surface area contributed by atoms with Crippen molar-refractivity contribution in [1.29, 1.82) is 0 Å². The van der Waals surface area contributed by atoms with Gasteiger partial charge >= 0.3 is 0 Å². The van der Waals surface area contributed by atoms with Crippen molar-refractivity contribution in [3.8, 4) is 0 Å². The van der Waals surface area contributed by atoms with Gasteiger partial charge in [-0.1, -0.05) is 40.0 Å². The maximum absolute atomic E-state index is 10.9. The SMILES string of the molecule is CC.CC1(C(N)=O)CCCCC1.O=C1CCN1. The van der Waals surface area contributed by atoms with Crippen LogP contribution in [0.3, 0.4) is 0 Å². The smallest absolute Gasteiger partial charge is 0.223 e. The van der Waals surface area contributed by atoms with Gasteiger partial charge in [-0.25, -0.2) is 0 Å². The highest BCUT2D eigenvalue weighted by Gasteiger charge is 2.32. The monoisotopic (exact) mass is 242 g/mol. The summed E-state index contributed by atoms with van der Waals surface area (Å²) in [7, 11) is 0. The fourth-order valence-corrected chi connectivity index (χ4v) is 1.81. The van der Waals surface area contributed by atoms with Crippen molar-refractivity contribution in [3.63, 3.8) is 0 Å². The van der Waals surface area contributed by atoms with Crippen LogP contribution in [0.2, 0.25) is 0 Å². The average Bonchev–Trinajstić information content (AvgIpc) is 2.31. The normalized spacial score (nSPS) is 20.5. The summed E-state index contributed by atoms with van der Waals surface area (Å²) in [6.45, 7) is 6.87. The van der Waals surface area contributed by atoms with Crippen molar-refractivity contribution in [2.45, 2.75) is 59.3 Å². The first kappa shape index (κ1) is 15.9. The van der Waals surface area contributed by atoms with Crippen LogP contribution in [0.15, 0.2) is 0 Å². The van der Waals surface area contributed by atoms with Gasteiger partial charge in [0, 0.05) is 18.4 Å². The first-order valence-corrected chi connectivity index (χ1v) is 6.61. The zero-order valence-corrected chi connectivity index (χ0v) is 11.3. The molecular weight excluding hydrogens is 216 g/mol. The number of hydrogen-bond donors (Lipinski definition) is 2. The molecular formula is C13H26N2O2. The van der Waals surface area contributed by atoms with Gasteiger partial charge in [-0.2, -0.15) is 0 Å². The van der Waals surface area contributed by atoms with E-state index < -0.39 is 0 Å². The van der Waals surface area contributed by atoms with Gasteiger partial charge in [-0.15, -0.1) is 0 Å². The molecule has 0 aromatic heterocycles. The molecule has 0 aromatic rings. The molecule has 2 fully saturated rings. The number of nitrogens with one attached hydrogen (secondary N) is 1. The summed E-state index contributed by atoms with van der Waals surface area (Å²) in [5.41, 5.74) is 5.08. The molecule has 1 aliphatic heterocycles. The van der Waals surface area contributed by atoms with Crippen molar-refractivity contribution in [2.24, 2.45) is 11.1 Å². The third-order valence-electron chi connectivity index (χ3n) is 3.23.